The van der Waals surface area contributed by atoms with E-state index in [4.69, 9.17) is 0 Å². The number of H-pyrrole nitrogens is 1. The van der Waals surface area contributed by atoms with Gasteiger partial charge in [-0.1, -0.05) is 18.2 Å². The molecular weight excluding hydrogens is 282 g/mol. The first-order chi connectivity index (χ1) is 11.0. The fourth-order valence-electron chi connectivity index (χ4n) is 2.70. The molecule has 3 aromatic rings. The largest absolute Gasteiger partial charge is 0.337 e. The van der Waals surface area contributed by atoms with E-state index in [-0.39, 0.29) is 0 Å². The third-order valence-corrected chi connectivity index (χ3v) is 4.20. The monoisotopic (exact) mass is 301 g/mol. The zero-order valence-electron chi connectivity index (χ0n) is 13.9. The summed E-state index contributed by atoms with van der Waals surface area (Å²) in [4.78, 5) is 7.80. The number of imidazole rings is 1. The number of nitrogens with zero attached hydrogens (tertiary/aromatic N) is 2. The molecule has 1 heterocycles. The van der Waals surface area contributed by atoms with Crippen LogP contribution in [0.4, 0.5) is 0 Å². The number of aromatic nitrogens is 2. The number of nitriles is 1. The van der Waals surface area contributed by atoms with E-state index < -0.39 is 0 Å². The van der Waals surface area contributed by atoms with Gasteiger partial charge in [-0.3, -0.25) is 0 Å². The van der Waals surface area contributed by atoms with Crippen LogP contribution in [0.1, 0.15) is 33.6 Å². The van der Waals surface area contributed by atoms with Crippen molar-refractivity contribution < 1.29 is 0 Å². The zero-order chi connectivity index (χ0) is 16.6. The molecule has 23 heavy (non-hydrogen) atoms. The number of nitrogens with one attached hydrogen (secondary N) is 1. The summed E-state index contributed by atoms with van der Waals surface area (Å²) in [7, 11) is 0. The molecule has 0 saturated heterocycles. The highest BCUT2D eigenvalue weighted by molar-refractivity contribution is 5.90. The number of rotatable bonds is 2. The second-order valence-corrected chi connectivity index (χ2v) is 6.07. The molecule has 1 N–H and O–H groups in total. The van der Waals surface area contributed by atoms with Gasteiger partial charge in [0.05, 0.1) is 16.6 Å². The first-order valence-electron chi connectivity index (χ1n) is 7.64. The summed E-state index contributed by atoms with van der Waals surface area (Å²) >= 11 is 0. The number of hydrogen-bond donors (Lipinski definition) is 1. The molecule has 0 aliphatic heterocycles. The second kappa shape index (κ2) is 5.73. The second-order valence-electron chi connectivity index (χ2n) is 6.07. The van der Waals surface area contributed by atoms with Crippen molar-refractivity contribution in [2.24, 2.45) is 0 Å². The van der Waals surface area contributed by atoms with Crippen LogP contribution in [0.5, 0.6) is 0 Å². The molecule has 0 saturated carbocycles. The standard InChI is InChI=1S/C20H19N3/c1-12-5-6-18-19(7-12)23-20(22-18)17(11-21)10-16-9-14(3)13(2)8-15(16)4/h5-10H,1-4H3,(H,22,23)/b17-10+. The lowest BCUT2D eigenvalue weighted by molar-refractivity contribution is 1.27. The molecule has 3 rings (SSSR count). The SMILES string of the molecule is Cc1ccc2nc(/C(C#N)=C/c3cc(C)c(C)cc3C)[nH]c2c1. The van der Waals surface area contributed by atoms with Crippen molar-refractivity contribution in [2.45, 2.75) is 27.7 Å². The van der Waals surface area contributed by atoms with Gasteiger partial charge in [-0.25, -0.2) is 4.98 Å². The number of aromatic amines is 1. The third-order valence-electron chi connectivity index (χ3n) is 4.20. The van der Waals surface area contributed by atoms with Gasteiger partial charge in [0.25, 0.3) is 0 Å². The van der Waals surface area contributed by atoms with Crippen molar-refractivity contribution >= 4 is 22.7 Å². The minimum absolute atomic E-state index is 0.546. The molecule has 0 fully saturated rings. The highest BCUT2D eigenvalue weighted by Crippen LogP contribution is 2.23. The summed E-state index contributed by atoms with van der Waals surface area (Å²) in [5.74, 6) is 0.616. The Morgan fingerprint density at radius 1 is 1.04 bits per heavy atom. The molecule has 0 bridgehead atoms. The van der Waals surface area contributed by atoms with E-state index in [1.54, 1.807) is 0 Å². The van der Waals surface area contributed by atoms with Gasteiger partial charge in [0.1, 0.15) is 11.9 Å². The number of hydrogen-bond acceptors (Lipinski definition) is 2. The normalized spacial score (nSPS) is 11.7. The summed E-state index contributed by atoms with van der Waals surface area (Å²) in [6, 6.07) is 12.6. The first-order valence-corrected chi connectivity index (χ1v) is 7.64. The fourth-order valence-corrected chi connectivity index (χ4v) is 2.70. The van der Waals surface area contributed by atoms with Crippen molar-refractivity contribution in [1.29, 1.82) is 5.26 Å². The maximum atomic E-state index is 9.56. The van der Waals surface area contributed by atoms with E-state index in [0.29, 0.717) is 11.4 Å². The quantitative estimate of drug-likeness (QED) is 0.687. The van der Waals surface area contributed by atoms with E-state index >= 15 is 0 Å². The van der Waals surface area contributed by atoms with Crippen molar-refractivity contribution in [3.05, 3.63) is 64.0 Å². The molecule has 0 unspecified atom stereocenters. The minimum atomic E-state index is 0.546. The van der Waals surface area contributed by atoms with Gasteiger partial charge in [0.15, 0.2) is 0 Å². The van der Waals surface area contributed by atoms with E-state index in [1.807, 2.05) is 31.2 Å². The average Bonchev–Trinajstić information content (AvgIpc) is 2.92. The lowest BCUT2D eigenvalue weighted by atomic mass is 9.99. The molecule has 0 radical (unpaired) electrons. The van der Waals surface area contributed by atoms with E-state index in [0.717, 1.165) is 22.2 Å². The van der Waals surface area contributed by atoms with Crippen LogP contribution >= 0.6 is 0 Å². The molecule has 0 spiro atoms. The Bertz CT molecular complexity index is 968. The molecule has 0 amide bonds. The molecule has 114 valence electrons. The van der Waals surface area contributed by atoms with Crippen LogP contribution in [0.15, 0.2) is 30.3 Å². The summed E-state index contributed by atoms with van der Waals surface area (Å²) < 4.78 is 0. The Kier molecular flexibility index (Phi) is 3.75. The van der Waals surface area contributed by atoms with Crippen molar-refractivity contribution in [3.8, 4) is 6.07 Å². The van der Waals surface area contributed by atoms with Gasteiger partial charge in [-0.2, -0.15) is 5.26 Å². The summed E-state index contributed by atoms with van der Waals surface area (Å²) in [6.07, 6.45) is 1.91. The number of fused-ring (bicyclic) bond motifs is 1. The third kappa shape index (κ3) is 2.89. The van der Waals surface area contributed by atoms with Gasteiger partial charge in [0, 0.05) is 0 Å². The fraction of sp³-hybridized carbons (Fsp3) is 0.200. The first kappa shape index (κ1) is 15.1. The van der Waals surface area contributed by atoms with Gasteiger partial charge >= 0.3 is 0 Å². The highest BCUT2D eigenvalue weighted by atomic mass is 14.9. The topological polar surface area (TPSA) is 52.5 Å². The van der Waals surface area contributed by atoms with E-state index in [1.165, 1.54) is 16.7 Å². The van der Waals surface area contributed by atoms with Crippen LogP contribution in [-0.2, 0) is 0 Å². The van der Waals surface area contributed by atoms with Crippen LogP contribution in [-0.4, -0.2) is 9.97 Å². The van der Waals surface area contributed by atoms with Crippen LogP contribution in [0, 0.1) is 39.0 Å². The molecule has 0 aliphatic carbocycles. The lowest BCUT2D eigenvalue weighted by Gasteiger charge is -2.06. The molecule has 1 aromatic heterocycles. The summed E-state index contributed by atoms with van der Waals surface area (Å²) in [6.45, 7) is 8.29. The molecular formula is C20H19N3. The van der Waals surface area contributed by atoms with E-state index in [2.05, 4.69) is 48.9 Å². The Morgan fingerprint density at radius 2 is 1.78 bits per heavy atom. The number of benzene rings is 2. The lowest BCUT2D eigenvalue weighted by Crippen LogP contribution is -1.90. The Labute approximate surface area is 136 Å². The Morgan fingerprint density at radius 3 is 2.52 bits per heavy atom. The smallest absolute Gasteiger partial charge is 0.149 e. The van der Waals surface area contributed by atoms with Crippen LogP contribution in [0.25, 0.3) is 22.7 Å². The highest BCUT2D eigenvalue weighted by Gasteiger charge is 2.09. The zero-order valence-corrected chi connectivity index (χ0v) is 13.9. The molecule has 0 atom stereocenters. The van der Waals surface area contributed by atoms with Gasteiger partial charge in [-0.15, -0.1) is 0 Å². The van der Waals surface area contributed by atoms with Gasteiger partial charge in [-0.05, 0) is 73.7 Å². The summed E-state index contributed by atoms with van der Waals surface area (Å²) in [5.41, 5.74) is 8.25. The Balaban J connectivity index is 2.11. The van der Waals surface area contributed by atoms with Crippen LogP contribution < -0.4 is 0 Å². The van der Waals surface area contributed by atoms with Crippen molar-refractivity contribution in [1.82, 2.24) is 9.97 Å². The van der Waals surface area contributed by atoms with Gasteiger partial charge < -0.3 is 4.98 Å². The molecule has 2 aromatic carbocycles. The van der Waals surface area contributed by atoms with E-state index in [9.17, 15) is 5.26 Å². The predicted octanol–water partition coefficient (Wildman–Crippen LogP) is 4.86. The Hall–Kier alpha value is -2.86. The number of aryl methyl sites for hydroxylation is 4. The molecule has 0 aliphatic rings. The minimum Gasteiger partial charge on any atom is -0.337 e. The summed E-state index contributed by atoms with van der Waals surface area (Å²) in [5, 5.41) is 9.56. The number of allylic oxidation sites excluding steroid dienone is 1. The van der Waals surface area contributed by atoms with Crippen LogP contribution in [0.3, 0.4) is 0 Å². The molecule has 3 heteroatoms. The predicted molar refractivity (Wildman–Crippen MR) is 95.0 cm³/mol. The van der Waals surface area contributed by atoms with Crippen molar-refractivity contribution in [2.75, 3.05) is 0 Å². The van der Waals surface area contributed by atoms with Crippen molar-refractivity contribution in [3.63, 3.8) is 0 Å². The molecule has 3 nitrogen and oxygen atoms in total. The maximum absolute atomic E-state index is 9.56. The maximum Gasteiger partial charge on any atom is 0.149 e. The average molecular weight is 301 g/mol. The van der Waals surface area contributed by atoms with Crippen LogP contribution in [0.2, 0.25) is 0 Å². The van der Waals surface area contributed by atoms with Gasteiger partial charge in [0.2, 0.25) is 0 Å².